The third-order valence-electron chi connectivity index (χ3n) is 3.43. The molecule has 0 aromatic heterocycles. The first-order valence-corrected chi connectivity index (χ1v) is 8.77. The van der Waals surface area contributed by atoms with Crippen LogP contribution in [0.4, 0.5) is 5.69 Å². The molecule has 6 heteroatoms. The molecule has 0 aliphatic carbocycles. The molecule has 2 aromatic carbocycles. The Hall–Kier alpha value is -2.21. The summed E-state index contributed by atoms with van der Waals surface area (Å²) in [4.78, 5) is 0.238. The number of anilines is 1. The van der Waals surface area contributed by atoms with Gasteiger partial charge in [0.25, 0.3) is 10.0 Å². The van der Waals surface area contributed by atoms with Crippen LogP contribution in [0.25, 0.3) is 0 Å². The summed E-state index contributed by atoms with van der Waals surface area (Å²) in [5.74, 6) is 1.31. The fourth-order valence-corrected chi connectivity index (χ4v) is 3.77. The minimum absolute atomic E-state index is 0.238. The Morgan fingerprint density at radius 3 is 1.78 bits per heavy atom. The van der Waals surface area contributed by atoms with Crippen molar-refractivity contribution in [1.82, 2.24) is 0 Å². The average Bonchev–Trinajstić information content (AvgIpc) is 2.59. The molecule has 5 nitrogen and oxygen atoms in total. The first-order valence-electron chi connectivity index (χ1n) is 7.33. The topological polar surface area (TPSA) is 55.8 Å². The predicted molar refractivity (Wildman–Crippen MR) is 90.8 cm³/mol. The van der Waals surface area contributed by atoms with Gasteiger partial charge in [-0.2, -0.15) is 0 Å². The zero-order chi connectivity index (χ0) is 16.9. The van der Waals surface area contributed by atoms with Gasteiger partial charge in [-0.1, -0.05) is 6.92 Å². The monoisotopic (exact) mass is 335 g/mol. The molecular weight excluding hydrogens is 314 g/mol. The van der Waals surface area contributed by atoms with Gasteiger partial charge >= 0.3 is 0 Å². The summed E-state index contributed by atoms with van der Waals surface area (Å²) in [7, 11) is -0.502. The molecule has 124 valence electrons. The van der Waals surface area contributed by atoms with Crippen molar-refractivity contribution in [2.24, 2.45) is 0 Å². The van der Waals surface area contributed by atoms with Gasteiger partial charge in [0.05, 0.1) is 24.8 Å². The quantitative estimate of drug-likeness (QED) is 0.779. The van der Waals surface area contributed by atoms with E-state index in [1.165, 1.54) is 4.31 Å². The Labute approximate surface area is 137 Å². The maximum Gasteiger partial charge on any atom is 0.264 e. The van der Waals surface area contributed by atoms with Crippen LogP contribution in [0.3, 0.4) is 0 Å². The molecule has 0 fully saturated rings. The summed E-state index contributed by atoms with van der Waals surface area (Å²) in [5, 5.41) is 0. The van der Waals surface area contributed by atoms with Crippen LogP contribution in [-0.2, 0) is 10.0 Å². The lowest BCUT2D eigenvalue weighted by Gasteiger charge is -2.24. The second-order valence-electron chi connectivity index (χ2n) is 4.95. The Morgan fingerprint density at radius 1 is 0.870 bits per heavy atom. The fraction of sp³-hybridized carbons (Fsp3) is 0.294. The lowest BCUT2D eigenvalue weighted by Crippen LogP contribution is -2.31. The van der Waals surface area contributed by atoms with Crippen LogP contribution in [0.5, 0.6) is 11.5 Å². The number of benzene rings is 2. The van der Waals surface area contributed by atoms with Crippen LogP contribution in [0.1, 0.15) is 13.3 Å². The Kier molecular flexibility index (Phi) is 5.50. The van der Waals surface area contributed by atoms with E-state index >= 15 is 0 Å². The van der Waals surface area contributed by atoms with Crippen molar-refractivity contribution in [2.45, 2.75) is 18.2 Å². The minimum Gasteiger partial charge on any atom is -0.497 e. The number of sulfonamides is 1. The molecule has 0 spiro atoms. The van der Waals surface area contributed by atoms with Crippen molar-refractivity contribution >= 4 is 15.7 Å². The minimum atomic E-state index is -3.62. The van der Waals surface area contributed by atoms with Crippen LogP contribution in [0.15, 0.2) is 53.4 Å². The highest BCUT2D eigenvalue weighted by molar-refractivity contribution is 7.92. The largest absolute Gasteiger partial charge is 0.497 e. The number of ether oxygens (including phenoxy) is 2. The molecule has 2 aromatic rings. The van der Waals surface area contributed by atoms with E-state index in [1.54, 1.807) is 62.8 Å². The Morgan fingerprint density at radius 2 is 1.35 bits per heavy atom. The third kappa shape index (κ3) is 3.76. The van der Waals surface area contributed by atoms with Gasteiger partial charge in [-0.15, -0.1) is 0 Å². The van der Waals surface area contributed by atoms with E-state index in [-0.39, 0.29) is 4.90 Å². The molecule has 0 unspecified atom stereocenters. The molecule has 0 amide bonds. The maximum atomic E-state index is 12.9. The van der Waals surface area contributed by atoms with E-state index in [0.717, 1.165) is 0 Å². The lowest BCUT2D eigenvalue weighted by molar-refractivity contribution is 0.414. The summed E-state index contributed by atoms with van der Waals surface area (Å²) < 4.78 is 37.5. The Bertz CT molecular complexity index is 724. The van der Waals surface area contributed by atoms with Crippen molar-refractivity contribution in [2.75, 3.05) is 25.1 Å². The van der Waals surface area contributed by atoms with Gasteiger partial charge in [0.1, 0.15) is 11.5 Å². The summed E-state index contributed by atoms with van der Waals surface area (Å²) in [5.41, 5.74) is 0.614. The number of hydrogen-bond donors (Lipinski definition) is 0. The van der Waals surface area contributed by atoms with Gasteiger partial charge in [-0.05, 0) is 55.0 Å². The lowest BCUT2D eigenvalue weighted by atomic mass is 10.3. The van der Waals surface area contributed by atoms with Gasteiger partial charge < -0.3 is 9.47 Å². The maximum absolute atomic E-state index is 12.9. The number of hydrogen-bond acceptors (Lipinski definition) is 4. The molecule has 0 radical (unpaired) electrons. The zero-order valence-electron chi connectivity index (χ0n) is 13.5. The molecular formula is C17H21NO4S. The van der Waals surface area contributed by atoms with Crippen molar-refractivity contribution in [1.29, 1.82) is 0 Å². The highest BCUT2D eigenvalue weighted by atomic mass is 32.2. The van der Waals surface area contributed by atoms with Crippen LogP contribution in [-0.4, -0.2) is 29.2 Å². The van der Waals surface area contributed by atoms with Crippen LogP contribution in [0.2, 0.25) is 0 Å². The second-order valence-corrected chi connectivity index (χ2v) is 6.81. The number of nitrogens with zero attached hydrogens (tertiary/aromatic N) is 1. The Balaban J connectivity index is 2.40. The van der Waals surface area contributed by atoms with Crippen LogP contribution < -0.4 is 13.8 Å². The molecule has 2 rings (SSSR count). The highest BCUT2D eigenvalue weighted by Gasteiger charge is 2.24. The van der Waals surface area contributed by atoms with Crippen molar-refractivity contribution in [3.8, 4) is 11.5 Å². The first-order chi connectivity index (χ1) is 11.0. The van der Waals surface area contributed by atoms with E-state index in [4.69, 9.17) is 9.47 Å². The summed E-state index contributed by atoms with van der Waals surface area (Å²) in [6.07, 6.45) is 0.710. The third-order valence-corrected chi connectivity index (χ3v) is 5.28. The fourth-order valence-electron chi connectivity index (χ4n) is 2.21. The van der Waals surface area contributed by atoms with Gasteiger partial charge in [-0.25, -0.2) is 8.42 Å². The number of rotatable bonds is 7. The van der Waals surface area contributed by atoms with Crippen LogP contribution >= 0.6 is 0 Å². The molecule has 0 heterocycles. The molecule has 0 N–H and O–H groups in total. The molecule has 0 saturated carbocycles. The molecule has 0 bridgehead atoms. The van der Waals surface area contributed by atoms with E-state index in [0.29, 0.717) is 30.2 Å². The van der Waals surface area contributed by atoms with Gasteiger partial charge in [-0.3, -0.25) is 4.31 Å². The smallest absolute Gasteiger partial charge is 0.264 e. The molecule has 0 saturated heterocycles. The van der Waals surface area contributed by atoms with Gasteiger partial charge in [0.2, 0.25) is 0 Å². The van der Waals surface area contributed by atoms with E-state index in [2.05, 4.69) is 0 Å². The van der Waals surface area contributed by atoms with Crippen molar-refractivity contribution < 1.29 is 17.9 Å². The highest BCUT2D eigenvalue weighted by Crippen LogP contribution is 2.27. The molecule has 0 aliphatic rings. The van der Waals surface area contributed by atoms with E-state index in [9.17, 15) is 8.42 Å². The van der Waals surface area contributed by atoms with Crippen LogP contribution in [0, 0.1) is 0 Å². The van der Waals surface area contributed by atoms with Crippen molar-refractivity contribution in [3.05, 3.63) is 48.5 Å². The SMILES string of the molecule is CCCN(c1ccc(OC)cc1)S(=O)(=O)c1ccc(OC)cc1. The van der Waals surface area contributed by atoms with E-state index < -0.39 is 10.0 Å². The summed E-state index contributed by atoms with van der Waals surface area (Å²) in [6, 6.07) is 13.4. The first kappa shape index (κ1) is 17.1. The predicted octanol–water partition coefficient (Wildman–Crippen LogP) is 3.31. The summed E-state index contributed by atoms with van der Waals surface area (Å²) >= 11 is 0. The average molecular weight is 335 g/mol. The molecule has 23 heavy (non-hydrogen) atoms. The normalized spacial score (nSPS) is 11.1. The van der Waals surface area contributed by atoms with Gasteiger partial charge in [0, 0.05) is 6.54 Å². The molecule has 0 atom stereocenters. The standard InChI is InChI=1S/C17H21NO4S/c1-4-13-18(14-5-7-15(21-2)8-6-14)23(19,20)17-11-9-16(22-3)10-12-17/h5-12H,4,13H2,1-3H3. The zero-order valence-corrected chi connectivity index (χ0v) is 14.3. The molecule has 0 aliphatic heterocycles. The summed E-state index contributed by atoms with van der Waals surface area (Å²) in [6.45, 7) is 2.35. The second kappa shape index (κ2) is 7.37. The number of methoxy groups -OCH3 is 2. The van der Waals surface area contributed by atoms with Crippen molar-refractivity contribution in [3.63, 3.8) is 0 Å². The van der Waals surface area contributed by atoms with E-state index in [1.807, 2.05) is 6.92 Å². The van der Waals surface area contributed by atoms with Gasteiger partial charge in [0.15, 0.2) is 0 Å².